The standard InChI is InChI=1S/C16H24N2/c17-12-15-8-4-5-11-18(15)13-16(9-10-16)14-6-2-1-3-7-14/h1-3,6-7,15H,4-5,8-13,17H2. The summed E-state index contributed by atoms with van der Waals surface area (Å²) in [4.78, 5) is 2.66. The molecule has 1 aromatic carbocycles. The first-order chi connectivity index (χ1) is 8.84. The zero-order valence-electron chi connectivity index (χ0n) is 11.1. The third-order valence-electron chi connectivity index (χ3n) is 4.77. The number of benzene rings is 1. The molecule has 2 fully saturated rings. The van der Waals surface area contributed by atoms with Crippen molar-refractivity contribution in [1.29, 1.82) is 0 Å². The van der Waals surface area contributed by atoms with Crippen LogP contribution in [0.15, 0.2) is 30.3 Å². The second-order valence-electron chi connectivity index (χ2n) is 6.00. The maximum absolute atomic E-state index is 5.93. The molecule has 1 atom stereocenters. The predicted octanol–water partition coefficient (Wildman–Crippen LogP) is 2.53. The summed E-state index contributed by atoms with van der Waals surface area (Å²) >= 11 is 0. The monoisotopic (exact) mass is 244 g/mol. The lowest BCUT2D eigenvalue weighted by Gasteiger charge is -2.37. The molecule has 1 aliphatic heterocycles. The van der Waals surface area contributed by atoms with Crippen LogP contribution in [-0.4, -0.2) is 30.6 Å². The number of hydrogen-bond acceptors (Lipinski definition) is 2. The van der Waals surface area contributed by atoms with Crippen LogP contribution in [0.1, 0.15) is 37.7 Å². The molecule has 2 N–H and O–H groups in total. The molecule has 18 heavy (non-hydrogen) atoms. The van der Waals surface area contributed by atoms with E-state index in [-0.39, 0.29) is 0 Å². The molecule has 0 radical (unpaired) electrons. The van der Waals surface area contributed by atoms with Gasteiger partial charge in [-0.3, -0.25) is 4.90 Å². The number of nitrogens with zero attached hydrogens (tertiary/aromatic N) is 1. The van der Waals surface area contributed by atoms with E-state index in [2.05, 4.69) is 35.2 Å². The molecule has 0 amide bonds. The molecule has 98 valence electrons. The van der Waals surface area contributed by atoms with E-state index < -0.39 is 0 Å². The third kappa shape index (κ3) is 2.32. The van der Waals surface area contributed by atoms with E-state index in [0.717, 1.165) is 6.54 Å². The van der Waals surface area contributed by atoms with Gasteiger partial charge in [-0.25, -0.2) is 0 Å². The molecule has 0 spiro atoms. The Hall–Kier alpha value is -0.860. The summed E-state index contributed by atoms with van der Waals surface area (Å²) in [6.07, 6.45) is 6.70. The lowest BCUT2D eigenvalue weighted by Crippen LogP contribution is -2.47. The summed E-state index contributed by atoms with van der Waals surface area (Å²) in [5, 5.41) is 0. The van der Waals surface area contributed by atoms with Crippen LogP contribution in [0.4, 0.5) is 0 Å². The van der Waals surface area contributed by atoms with Gasteiger partial charge in [-0.15, -0.1) is 0 Å². The second kappa shape index (κ2) is 5.02. The number of rotatable bonds is 4. The summed E-state index contributed by atoms with van der Waals surface area (Å²) in [5.41, 5.74) is 7.91. The smallest absolute Gasteiger partial charge is 0.0218 e. The van der Waals surface area contributed by atoms with Crippen molar-refractivity contribution < 1.29 is 0 Å². The average molecular weight is 244 g/mol. The van der Waals surface area contributed by atoms with Crippen molar-refractivity contribution in [3.63, 3.8) is 0 Å². The van der Waals surface area contributed by atoms with Crippen molar-refractivity contribution in [2.45, 2.75) is 43.6 Å². The van der Waals surface area contributed by atoms with Crippen molar-refractivity contribution in [3.8, 4) is 0 Å². The summed E-state index contributed by atoms with van der Waals surface area (Å²) in [6, 6.07) is 11.7. The van der Waals surface area contributed by atoms with E-state index in [1.54, 1.807) is 0 Å². The van der Waals surface area contributed by atoms with E-state index in [0.29, 0.717) is 11.5 Å². The molecule has 0 bridgehead atoms. The van der Waals surface area contributed by atoms with Gasteiger partial charge in [0.25, 0.3) is 0 Å². The van der Waals surface area contributed by atoms with Gasteiger partial charge < -0.3 is 5.73 Å². The fourth-order valence-corrected chi connectivity index (χ4v) is 3.40. The highest BCUT2D eigenvalue weighted by atomic mass is 15.2. The Kier molecular flexibility index (Phi) is 3.40. The van der Waals surface area contributed by atoms with Crippen molar-refractivity contribution in [2.24, 2.45) is 5.73 Å². The highest BCUT2D eigenvalue weighted by Crippen LogP contribution is 2.49. The lowest BCUT2D eigenvalue weighted by molar-refractivity contribution is 0.139. The maximum Gasteiger partial charge on any atom is 0.0218 e. The fraction of sp³-hybridized carbons (Fsp3) is 0.625. The summed E-state index contributed by atoms with van der Waals surface area (Å²) in [6.45, 7) is 3.29. The van der Waals surface area contributed by atoms with Crippen molar-refractivity contribution >= 4 is 0 Å². The summed E-state index contributed by atoms with van der Waals surface area (Å²) in [5.74, 6) is 0. The largest absolute Gasteiger partial charge is 0.329 e. The first-order valence-electron chi connectivity index (χ1n) is 7.34. The van der Waals surface area contributed by atoms with E-state index in [9.17, 15) is 0 Å². The van der Waals surface area contributed by atoms with Gasteiger partial charge in [-0.2, -0.15) is 0 Å². The summed E-state index contributed by atoms with van der Waals surface area (Å²) < 4.78 is 0. The van der Waals surface area contributed by atoms with Crippen LogP contribution in [0, 0.1) is 0 Å². The Labute approximate surface area is 110 Å². The number of nitrogens with two attached hydrogens (primary N) is 1. The topological polar surface area (TPSA) is 29.3 Å². The van der Waals surface area contributed by atoms with Gasteiger partial charge in [0.15, 0.2) is 0 Å². The number of piperidine rings is 1. The SMILES string of the molecule is NCC1CCCCN1CC1(c2ccccc2)CC1. The molecular formula is C16H24N2. The average Bonchev–Trinajstić information content (AvgIpc) is 3.21. The van der Waals surface area contributed by atoms with Crippen LogP contribution in [0.5, 0.6) is 0 Å². The third-order valence-corrected chi connectivity index (χ3v) is 4.77. The molecule has 2 heteroatoms. The van der Waals surface area contributed by atoms with Crippen molar-refractivity contribution in [2.75, 3.05) is 19.6 Å². The highest BCUT2D eigenvalue weighted by Gasteiger charge is 2.46. The maximum atomic E-state index is 5.93. The molecule has 1 aromatic rings. The van der Waals surface area contributed by atoms with Crippen LogP contribution in [0.25, 0.3) is 0 Å². The van der Waals surface area contributed by atoms with Gasteiger partial charge >= 0.3 is 0 Å². The highest BCUT2D eigenvalue weighted by molar-refractivity contribution is 5.31. The Morgan fingerprint density at radius 3 is 2.61 bits per heavy atom. The van der Waals surface area contributed by atoms with Gasteiger partial charge in [0, 0.05) is 24.5 Å². The molecule has 2 aliphatic rings. The van der Waals surface area contributed by atoms with Crippen LogP contribution in [-0.2, 0) is 5.41 Å². The fourth-order valence-electron chi connectivity index (χ4n) is 3.40. The van der Waals surface area contributed by atoms with Gasteiger partial charge in [0.1, 0.15) is 0 Å². The molecule has 2 nitrogen and oxygen atoms in total. The lowest BCUT2D eigenvalue weighted by atomic mass is 9.92. The van der Waals surface area contributed by atoms with Gasteiger partial charge in [0.2, 0.25) is 0 Å². The molecule has 1 saturated heterocycles. The van der Waals surface area contributed by atoms with Crippen molar-refractivity contribution in [1.82, 2.24) is 4.90 Å². The van der Waals surface area contributed by atoms with Gasteiger partial charge in [-0.05, 0) is 37.8 Å². The van der Waals surface area contributed by atoms with Gasteiger partial charge in [-0.1, -0.05) is 36.8 Å². The van der Waals surface area contributed by atoms with Crippen LogP contribution in [0.2, 0.25) is 0 Å². The molecule has 3 rings (SSSR count). The molecule has 1 aliphatic carbocycles. The zero-order valence-corrected chi connectivity index (χ0v) is 11.1. The molecule has 1 unspecified atom stereocenters. The number of likely N-dealkylation sites (tertiary alicyclic amines) is 1. The zero-order chi connectivity index (χ0) is 12.4. The van der Waals surface area contributed by atoms with E-state index >= 15 is 0 Å². The minimum Gasteiger partial charge on any atom is -0.329 e. The van der Waals surface area contributed by atoms with E-state index in [1.165, 1.54) is 50.8 Å². The second-order valence-corrected chi connectivity index (χ2v) is 6.00. The normalized spacial score (nSPS) is 27.1. The van der Waals surface area contributed by atoms with Crippen LogP contribution < -0.4 is 5.73 Å². The quantitative estimate of drug-likeness (QED) is 0.882. The first kappa shape index (κ1) is 12.2. The molecule has 1 heterocycles. The van der Waals surface area contributed by atoms with E-state index in [1.807, 2.05) is 0 Å². The van der Waals surface area contributed by atoms with Crippen LogP contribution in [0.3, 0.4) is 0 Å². The molecule has 1 saturated carbocycles. The van der Waals surface area contributed by atoms with Gasteiger partial charge in [0.05, 0.1) is 0 Å². The molecular weight excluding hydrogens is 220 g/mol. The predicted molar refractivity (Wildman–Crippen MR) is 75.6 cm³/mol. The van der Waals surface area contributed by atoms with Crippen molar-refractivity contribution in [3.05, 3.63) is 35.9 Å². The minimum absolute atomic E-state index is 0.450. The Morgan fingerprint density at radius 1 is 1.17 bits per heavy atom. The Balaban J connectivity index is 1.72. The Morgan fingerprint density at radius 2 is 1.94 bits per heavy atom. The minimum atomic E-state index is 0.450. The van der Waals surface area contributed by atoms with Crippen LogP contribution >= 0.6 is 0 Å². The Bertz CT molecular complexity index is 383. The molecule has 0 aromatic heterocycles. The summed E-state index contributed by atoms with van der Waals surface area (Å²) in [7, 11) is 0. The number of hydrogen-bond donors (Lipinski definition) is 1. The van der Waals surface area contributed by atoms with E-state index in [4.69, 9.17) is 5.73 Å². The first-order valence-corrected chi connectivity index (χ1v) is 7.34.